The van der Waals surface area contributed by atoms with E-state index < -0.39 is 0 Å². The summed E-state index contributed by atoms with van der Waals surface area (Å²) < 4.78 is 0. The van der Waals surface area contributed by atoms with Gasteiger partial charge in [-0.15, -0.1) is 0 Å². The molecule has 86 valence electrons. The molecule has 0 aliphatic rings. The first kappa shape index (κ1) is 10.5. The first-order valence-electron chi connectivity index (χ1n) is 5.44. The maximum absolute atomic E-state index is 4.31. The van der Waals surface area contributed by atoms with E-state index in [1.54, 1.807) is 37.1 Å². The fourth-order valence-corrected chi connectivity index (χ4v) is 1.66. The van der Waals surface area contributed by atoms with Crippen molar-refractivity contribution in [1.82, 2.24) is 25.1 Å². The van der Waals surface area contributed by atoms with E-state index in [0.29, 0.717) is 5.82 Å². The minimum atomic E-state index is 0.619. The van der Waals surface area contributed by atoms with E-state index >= 15 is 0 Å². The molecule has 0 saturated heterocycles. The van der Waals surface area contributed by atoms with E-state index in [9.17, 15) is 0 Å². The van der Waals surface area contributed by atoms with E-state index in [2.05, 4.69) is 25.1 Å². The van der Waals surface area contributed by atoms with Crippen LogP contribution in [0.4, 0.5) is 0 Å². The standard InChI is InChI=1S/C13H9N5/c1-2-5-14-12(4-1)10-8-17-18-9-11(10)13-15-6-3-7-16-13/h1-9H. The second-order valence-electron chi connectivity index (χ2n) is 3.60. The summed E-state index contributed by atoms with van der Waals surface area (Å²) in [5, 5.41) is 7.79. The van der Waals surface area contributed by atoms with Crippen LogP contribution >= 0.6 is 0 Å². The fourth-order valence-electron chi connectivity index (χ4n) is 1.66. The van der Waals surface area contributed by atoms with Gasteiger partial charge in [-0.3, -0.25) is 4.98 Å². The number of hydrogen-bond acceptors (Lipinski definition) is 5. The second-order valence-corrected chi connectivity index (χ2v) is 3.60. The van der Waals surface area contributed by atoms with Gasteiger partial charge in [0, 0.05) is 24.2 Å². The van der Waals surface area contributed by atoms with Gasteiger partial charge >= 0.3 is 0 Å². The molecule has 0 atom stereocenters. The van der Waals surface area contributed by atoms with Crippen molar-refractivity contribution in [2.75, 3.05) is 0 Å². The predicted molar refractivity (Wildman–Crippen MR) is 66.3 cm³/mol. The van der Waals surface area contributed by atoms with E-state index in [1.165, 1.54) is 0 Å². The van der Waals surface area contributed by atoms with Crippen LogP contribution in [0, 0.1) is 0 Å². The predicted octanol–water partition coefficient (Wildman–Crippen LogP) is 2.00. The average Bonchev–Trinajstić information content (AvgIpc) is 2.49. The first-order valence-corrected chi connectivity index (χ1v) is 5.44. The molecule has 5 heteroatoms. The third-order valence-corrected chi connectivity index (χ3v) is 2.48. The van der Waals surface area contributed by atoms with Crippen molar-refractivity contribution >= 4 is 0 Å². The Labute approximate surface area is 104 Å². The number of nitrogens with zero attached hydrogens (tertiary/aromatic N) is 5. The summed E-state index contributed by atoms with van der Waals surface area (Å²) in [6, 6.07) is 7.50. The Hall–Kier alpha value is -2.69. The van der Waals surface area contributed by atoms with Crippen LogP contribution in [0.1, 0.15) is 0 Å². The van der Waals surface area contributed by atoms with Crippen LogP contribution in [0.2, 0.25) is 0 Å². The molecule has 0 saturated carbocycles. The van der Waals surface area contributed by atoms with Crippen LogP contribution in [0.25, 0.3) is 22.6 Å². The molecule has 0 N–H and O–H groups in total. The van der Waals surface area contributed by atoms with Crippen molar-refractivity contribution in [3.63, 3.8) is 0 Å². The molecule has 0 unspecified atom stereocenters. The fraction of sp³-hybridized carbons (Fsp3) is 0. The molecule has 0 aliphatic heterocycles. The SMILES string of the molecule is c1ccc(-c2cnncc2-c2ncccn2)nc1. The lowest BCUT2D eigenvalue weighted by molar-refractivity contribution is 1.02. The van der Waals surface area contributed by atoms with Gasteiger partial charge in [0.15, 0.2) is 5.82 Å². The lowest BCUT2D eigenvalue weighted by atomic mass is 10.1. The van der Waals surface area contributed by atoms with Gasteiger partial charge in [0.2, 0.25) is 0 Å². The number of aromatic nitrogens is 5. The lowest BCUT2D eigenvalue weighted by Gasteiger charge is -2.05. The third-order valence-electron chi connectivity index (χ3n) is 2.48. The highest BCUT2D eigenvalue weighted by Crippen LogP contribution is 2.26. The molecular formula is C13H9N5. The van der Waals surface area contributed by atoms with Crippen LogP contribution in [-0.4, -0.2) is 25.1 Å². The first-order chi connectivity index (χ1) is 8.95. The largest absolute Gasteiger partial charge is 0.256 e. The molecule has 0 aromatic carbocycles. The lowest BCUT2D eigenvalue weighted by Crippen LogP contribution is -1.94. The molecule has 0 aliphatic carbocycles. The average molecular weight is 235 g/mol. The van der Waals surface area contributed by atoms with Crippen LogP contribution < -0.4 is 0 Å². The van der Waals surface area contributed by atoms with Crippen molar-refractivity contribution in [2.45, 2.75) is 0 Å². The van der Waals surface area contributed by atoms with Crippen molar-refractivity contribution in [2.24, 2.45) is 0 Å². The van der Waals surface area contributed by atoms with Gasteiger partial charge in [0.1, 0.15) is 0 Å². The Morgan fingerprint density at radius 3 is 2.11 bits per heavy atom. The maximum atomic E-state index is 4.31. The molecule has 0 fully saturated rings. The molecule has 5 nitrogen and oxygen atoms in total. The Kier molecular flexibility index (Phi) is 2.71. The van der Waals surface area contributed by atoms with Crippen LogP contribution in [0.3, 0.4) is 0 Å². The molecular weight excluding hydrogens is 226 g/mol. The summed E-state index contributed by atoms with van der Waals surface area (Å²) >= 11 is 0. The Morgan fingerprint density at radius 2 is 1.39 bits per heavy atom. The maximum Gasteiger partial charge on any atom is 0.161 e. The Balaban J connectivity index is 2.18. The van der Waals surface area contributed by atoms with Crippen LogP contribution in [-0.2, 0) is 0 Å². The highest BCUT2D eigenvalue weighted by Gasteiger charge is 2.10. The smallest absolute Gasteiger partial charge is 0.161 e. The summed E-state index contributed by atoms with van der Waals surface area (Å²) in [6.07, 6.45) is 8.47. The zero-order chi connectivity index (χ0) is 12.2. The molecule has 0 bridgehead atoms. The molecule has 3 rings (SSSR count). The van der Waals surface area contributed by atoms with E-state index in [0.717, 1.165) is 16.8 Å². The number of rotatable bonds is 2. The molecule has 0 spiro atoms. The summed E-state index contributed by atoms with van der Waals surface area (Å²) in [4.78, 5) is 12.8. The summed E-state index contributed by atoms with van der Waals surface area (Å²) in [6.45, 7) is 0. The molecule has 18 heavy (non-hydrogen) atoms. The molecule has 0 radical (unpaired) electrons. The van der Waals surface area contributed by atoms with Gasteiger partial charge < -0.3 is 0 Å². The molecule has 3 aromatic heterocycles. The van der Waals surface area contributed by atoms with E-state index in [4.69, 9.17) is 0 Å². The monoisotopic (exact) mass is 235 g/mol. The van der Waals surface area contributed by atoms with Gasteiger partial charge in [-0.1, -0.05) is 6.07 Å². The second kappa shape index (κ2) is 4.67. The van der Waals surface area contributed by atoms with Crippen LogP contribution in [0.5, 0.6) is 0 Å². The molecule has 3 heterocycles. The van der Waals surface area contributed by atoms with Gasteiger partial charge in [-0.25, -0.2) is 9.97 Å². The van der Waals surface area contributed by atoms with Crippen molar-refractivity contribution in [3.8, 4) is 22.6 Å². The molecule has 3 aromatic rings. The summed E-state index contributed by atoms with van der Waals surface area (Å²) in [7, 11) is 0. The van der Waals surface area contributed by atoms with Crippen LogP contribution in [0.15, 0.2) is 55.2 Å². The summed E-state index contributed by atoms with van der Waals surface area (Å²) in [5.41, 5.74) is 2.52. The van der Waals surface area contributed by atoms with Gasteiger partial charge in [-0.2, -0.15) is 10.2 Å². The quantitative estimate of drug-likeness (QED) is 0.679. The van der Waals surface area contributed by atoms with Gasteiger partial charge in [0.05, 0.1) is 23.7 Å². The zero-order valence-electron chi connectivity index (χ0n) is 9.43. The van der Waals surface area contributed by atoms with Crippen molar-refractivity contribution < 1.29 is 0 Å². The zero-order valence-corrected chi connectivity index (χ0v) is 9.43. The van der Waals surface area contributed by atoms with Crippen molar-refractivity contribution in [1.29, 1.82) is 0 Å². The van der Waals surface area contributed by atoms with E-state index in [-0.39, 0.29) is 0 Å². The minimum Gasteiger partial charge on any atom is -0.256 e. The highest BCUT2D eigenvalue weighted by molar-refractivity contribution is 5.76. The van der Waals surface area contributed by atoms with Gasteiger partial charge in [0.25, 0.3) is 0 Å². The molecule has 0 amide bonds. The Morgan fingerprint density at radius 1 is 0.667 bits per heavy atom. The summed E-state index contributed by atoms with van der Waals surface area (Å²) in [5.74, 6) is 0.619. The minimum absolute atomic E-state index is 0.619. The topological polar surface area (TPSA) is 64.5 Å². The van der Waals surface area contributed by atoms with Crippen molar-refractivity contribution in [3.05, 3.63) is 55.2 Å². The normalized spacial score (nSPS) is 10.2. The number of pyridine rings is 1. The highest BCUT2D eigenvalue weighted by atomic mass is 15.1. The number of hydrogen-bond donors (Lipinski definition) is 0. The van der Waals surface area contributed by atoms with E-state index in [1.807, 2.05) is 18.2 Å². The Bertz CT molecular complexity index is 581. The van der Waals surface area contributed by atoms with Gasteiger partial charge in [-0.05, 0) is 18.2 Å². The third kappa shape index (κ3) is 1.93.